The van der Waals surface area contributed by atoms with Gasteiger partial charge in [-0.05, 0) is 105 Å². The normalized spacial score (nSPS) is 38.2. The Morgan fingerprint density at radius 1 is 1.06 bits per heavy atom. The molecule has 0 aromatic carbocycles. The van der Waals surface area contributed by atoms with Crippen molar-refractivity contribution in [3.8, 4) is 0 Å². The number of hydrogen-bond donors (Lipinski definition) is 2. The summed E-state index contributed by atoms with van der Waals surface area (Å²) in [5, 5.41) is 10.2. The lowest BCUT2D eigenvalue weighted by atomic mass is 9.47. The van der Waals surface area contributed by atoms with Crippen molar-refractivity contribution < 1.29 is 14.6 Å². The molecule has 7 atom stereocenters. The number of aliphatic hydroxyl groups excluding tert-OH is 1. The van der Waals surface area contributed by atoms with Gasteiger partial charge >= 0.3 is 5.97 Å². The van der Waals surface area contributed by atoms with Gasteiger partial charge in [0.15, 0.2) is 0 Å². The summed E-state index contributed by atoms with van der Waals surface area (Å²) in [5.74, 6) is 3.21. The van der Waals surface area contributed by atoms with Gasteiger partial charge in [0.2, 0.25) is 0 Å². The van der Waals surface area contributed by atoms with Crippen molar-refractivity contribution in [2.45, 2.75) is 118 Å². The minimum Gasteiger partial charge on any atom is -0.469 e. The molecule has 7 unspecified atom stereocenters. The summed E-state index contributed by atoms with van der Waals surface area (Å²) in [4.78, 5) is 11.5. The highest BCUT2D eigenvalue weighted by atomic mass is 32.1. The molecule has 0 aliphatic heterocycles. The molecule has 0 radical (unpaired) electrons. The van der Waals surface area contributed by atoms with Crippen molar-refractivity contribution in [1.82, 2.24) is 0 Å². The Morgan fingerprint density at radius 2 is 1.73 bits per heavy atom. The van der Waals surface area contributed by atoms with E-state index in [4.69, 9.17) is 4.74 Å². The summed E-state index contributed by atoms with van der Waals surface area (Å²) < 4.78 is 4.82. The van der Waals surface area contributed by atoms with Gasteiger partial charge in [-0.15, -0.1) is 0 Å². The van der Waals surface area contributed by atoms with E-state index in [2.05, 4.69) is 32.6 Å². The van der Waals surface area contributed by atoms with Gasteiger partial charge in [-0.2, -0.15) is 12.6 Å². The monoisotopic (exact) mass is 482 g/mol. The minimum absolute atomic E-state index is 0.0595. The Balaban J connectivity index is 0.000000841. The molecule has 0 aromatic rings. The number of esters is 1. The van der Waals surface area contributed by atoms with Gasteiger partial charge < -0.3 is 9.84 Å². The molecule has 33 heavy (non-hydrogen) atoms. The molecule has 194 valence electrons. The maximum atomic E-state index is 11.5. The van der Waals surface area contributed by atoms with Gasteiger partial charge in [-0.3, -0.25) is 4.79 Å². The fraction of sp³-hybridized carbons (Fsp3) is 0.897. The van der Waals surface area contributed by atoms with E-state index in [0.29, 0.717) is 17.3 Å². The lowest BCUT2D eigenvalue weighted by molar-refractivity contribution is -0.140. The number of methoxy groups -OCH3 is 1. The fourth-order valence-electron chi connectivity index (χ4n) is 7.82. The number of aliphatic hydroxyl groups is 1. The van der Waals surface area contributed by atoms with Crippen LogP contribution in [0.25, 0.3) is 0 Å². The molecule has 0 spiro atoms. The second kappa shape index (κ2) is 14.2. The molecule has 0 heterocycles. The maximum absolute atomic E-state index is 11.5. The molecule has 0 amide bonds. The van der Waals surface area contributed by atoms with E-state index in [1.54, 1.807) is 11.8 Å². The molecular weight excluding hydrogens is 428 g/mol. The summed E-state index contributed by atoms with van der Waals surface area (Å²) >= 11 is 3.53. The van der Waals surface area contributed by atoms with Gasteiger partial charge in [0, 0.05) is 6.42 Å². The van der Waals surface area contributed by atoms with E-state index in [9.17, 15) is 9.90 Å². The molecular formula is C29H54O3S. The number of thiol groups is 1. The lowest BCUT2D eigenvalue weighted by Gasteiger charge is -2.58. The molecule has 3 fully saturated rings. The van der Waals surface area contributed by atoms with Gasteiger partial charge in [-0.25, -0.2) is 0 Å². The van der Waals surface area contributed by atoms with E-state index in [-0.39, 0.29) is 12.1 Å². The van der Waals surface area contributed by atoms with Crippen LogP contribution in [0.5, 0.6) is 0 Å². The zero-order chi connectivity index (χ0) is 25.2. The Morgan fingerprint density at radius 3 is 2.36 bits per heavy atom. The third-order valence-corrected chi connectivity index (χ3v) is 9.44. The van der Waals surface area contributed by atoms with E-state index < -0.39 is 0 Å². The van der Waals surface area contributed by atoms with E-state index in [0.717, 1.165) is 42.9 Å². The predicted molar refractivity (Wildman–Crippen MR) is 145 cm³/mol. The zero-order valence-electron chi connectivity index (χ0n) is 23.0. The fourth-order valence-corrected chi connectivity index (χ4v) is 7.82. The average molecular weight is 483 g/mol. The molecule has 0 saturated heterocycles. The first-order valence-electron chi connectivity index (χ1n) is 13.8. The smallest absolute Gasteiger partial charge is 0.305 e. The summed E-state index contributed by atoms with van der Waals surface area (Å²) in [5.41, 5.74) is 2.37. The number of fused-ring (bicyclic) bond motifs is 5. The van der Waals surface area contributed by atoms with Crippen molar-refractivity contribution in [3.63, 3.8) is 0 Å². The zero-order valence-corrected chi connectivity index (χ0v) is 23.8. The largest absolute Gasteiger partial charge is 0.469 e. The Hall–Kier alpha value is -0.480. The van der Waals surface area contributed by atoms with E-state index >= 15 is 0 Å². The highest BCUT2D eigenvalue weighted by Crippen LogP contribution is 2.66. The topological polar surface area (TPSA) is 46.5 Å². The first-order valence-corrected chi connectivity index (χ1v) is 14.7. The van der Waals surface area contributed by atoms with Crippen LogP contribution in [0.15, 0.2) is 11.6 Å². The SMILES string of the molecule is CC.CC.COC(=O)CCCC1CCC2C3CC=C4CC(O)CCC4(C)C3CCC12C.CS. The minimum atomic E-state index is -0.111. The van der Waals surface area contributed by atoms with Crippen LogP contribution >= 0.6 is 12.6 Å². The molecule has 1 N–H and O–H groups in total. The summed E-state index contributed by atoms with van der Waals surface area (Å²) in [6.07, 6.45) is 16.6. The van der Waals surface area contributed by atoms with Gasteiger partial charge in [0.1, 0.15) is 0 Å². The molecule has 0 aromatic heterocycles. The first-order chi connectivity index (χ1) is 15.9. The van der Waals surface area contributed by atoms with Crippen LogP contribution in [-0.4, -0.2) is 30.5 Å². The predicted octanol–water partition coefficient (Wildman–Crippen LogP) is 7.87. The third kappa shape index (κ3) is 6.40. The second-order valence-electron chi connectivity index (χ2n) is 10.4. The maximum Gasteiger partial charge on any atom is 0.305 e. The molecule has 4 aliphatic carbocycles. The molecule has 0 bridgehead atoms. The second-order valence-corrected chi connectivity index (χ2v) is 10.4. The van der Waals surface area contributed by atoms with Crippen LogP contribution in [0.3, 0.4) is 0 Å². The van der Waals surface area contributed by atoms with Crippen molar-refractivity contribution in [2.24, 2.45) is 34.5 Å². The third-order valence-electron chi connectivity index (χ3n) is 9.44. The van der Waals surface area contributed by atoms with Crippen molar-refractivity contribution in [3.05, 3.63) is 11.6 Å². The van der Waals surface area contributed by atoms with Gasteiger partial charge in [0.25, 0.3) is 0 Å². The number of hydrogen-bond acceptors (Lipinski definition) is 4. The van der Waals surface area contributed by atoms with E-state index in [1.807, 2.05) is 27.7 Å². The van der Waals surface area contributed by atoms with Crippen molar-refractivity contribution in [1.29, 1.82) is 0 Å². The Kier molecular flexibility index (Phi) is 13.1. The summed E-state index contributed by atoms with van der Waals surface area (Å²) in [6.45, 7) is 13.1. The van der Waals surface area contributed by atoms with Crippen molar-refractivity contribution >= 4 is 18.6 Å². The van der Waals surface area contributed by atoms with Crippen LogP contribution in [-0.2, 0) is 9.53 Å². The number of rotatable bonds is 4. The molecule has 4 rings (SSSR count). The Bertz CT molecular complexity index is 618. The van der Waals surface area contributed by atoms with E-state index in [1.165, 1.54) is 52.1 Å². The highest BCUT2D eigenvalue weighted by Gasteiger charge is 2.58. The number of carbonyl (C=O) groups excluding carboxylic acids is 1. The highest BCUT2D eigenvalue weighted by molar-refractivity contribution is 7.79. The van der Waals surface area contributed by atoms with Crippen LogP contribution in [0.2, 0.25) is 0 Å². The first kappa shape index (κ1) is 30.6. The summed E-state index contributed by atoms with van der Waals surface area (Å²) in [7, 11) is 1.49. The van der Waals surface area contributed by atoms with Gasteiger partial charge in [-0.1, -0.05) is 53.2 Å². The van der Waals surface area contributed by atoms with Crippen molar-refractivity contribution in [2.75, 3.05) is 13.4 Å². The van der Waals surface area contributed by atoms with Crippen LogP contribution in [0.1, 0.15) is 112 Å². The lowest BCUT2D eigenvalue weighted by Crippen LogP contribution is -2.50. The number of allylic oxidation sites excluding steroid dienone is 1. The standard InChI is InChI=1S/C24H38O3.2C2H6.CH4S/c1-23-14-12-21-19(9-7-17-15-18(25)11-13-24(17,21)2)20(23)10-8-16(23)5-4-6-22(26)27-3;3*1-2/h7,16,18-21,25H,4-6,8-15H2,1-3H3;2*1-2H3;2H,1H3. The van der Waals surface area contributed by atoms with Crippen LogP contribution < -0.4 is 0 Å². The van der Waals surface area contributed by atoms with Gasteiger partial charge in [0.05, 0.1) is 13.2 Å². The molecule has 3 saturated carbocycles. The number of ether oxygens (including phenoxy) is 1. The molecule has 4 aliphatic rings. The molecule has 3 nitrogen and oxygen atoms in total. The summed E-state index contributed by atoms with van der Waals surface area (Å²) in [6, 6.07) is 0. The molecule has 4 heteroatoms. The quantitative estimate of drug-likeness (QED) is 0.243. The van der Waals surface area contributed by atoms with Crippen LogP contribution in [0, 0.1) is 34.5 Å². The number of carbonyl (C=O) groups is 1. The average Bonchev–Trinajstić information content (AvgIpc) is 3.19. The van der Waals surface area contributed by atoms with Crippen LogP contribution in [0.4, 0.5) is 0 Å². The Labute approximate surface area is 210 Å².